The van der Waals surface area contributed by atoms with E-state index in [9.17, 15) is 14.7 Å². The topological polar surface area (TPSA) is 119 Å². The van der Waals surface area contributed by atoms with E-state index in [-0.39, 0.29) is 5.91 Å². The Labute approximate surface area is 233 Å². The number of benzene rings is 2. The minimum Gasteiger partial charge on any atom is -0.496 e. The summed E-state index contributed by atoms with van der Waals surface area (Å²) in [6, 6.07) is 12.4. The molecule has 0 aliphatic carbocycles. The number of thiazole rings is 1. The summed E-state index contributed by atoms with van der Waals surface area (Å²) in [7, 11) is 3.17. The van der Waals surface area contributed by atoms with Crippen molar-refractivity contribution in [2.45, 2.75) is 59.3 Å². The molecule has 3 aromatic rings. The first-order valence-corrected chi connectivity index (χ1v) is 13.6. The van der Waals surface area contributed by atoms with E-state index in [1.807, 2.05) is 31.2 Å². The Morgan fingerprint density at radius 3 is 2.28 bits per heavy atom. The fourth-order valence-corrected chi connectivity index (χ4v) is 4.64. The van der Waals surface area contributed by atoms with Crippen LogP contribution in [0.15, 0.2) is 48.7 Å². The third-order valence-corrected chi connectivity index (χ3v) is 6.96. The maximum absolute atomic E-state index is 13.0. The zero-order chi connectivity index (χ0) is 28.6. The quantitative estimate of drug-likeness (QED) is 0.287. The lowest BCUT2D eigenvalue weighted by atomic mass is 9.88. The Balaban J connectivity index is 1.72. The fourth-order valence-electron chi connectivity index (χ4n) is 3.76. The van der Waals surface area contributed by atoms with Gasteiger partial charge in [0.25, 0.3) is 0 Å². The minimum absolute atomic E-state index is 0.298. The number of amides is 2. The summed E-state index contributed by atoms with van der Waals surface area (Å²) in [5.41, 5.74) is 1.22. The lowest BCUT2D eigenvalue weighted by Gasteiger charge is -2.26. The van der Waals surface area contributed by atoms with Crippen LogP contribution in [-0.4, -0.2) is 48.3 Å². The number of hydrogen-bond acceptors (Lipinski definition) is 8. The molecular formula is C29H37N3O6S. The average molecular weight is 556 g/mol. The normalized spacial score (nSPS) is 12.8. The van der Waals surface area contributed by atoms with Crippen LogP contribution in [0, 0.1) is 5.41 Å². The van der Waals surface area contributed by atoms with E-state index in [0.717, 1.165) is 16.0 Å². The van der Waals surface area contributed by atoms with Crippen LogP contribution in [0.25, 0.3) is 10.4 Å². The third kappa shape index (κ3) is 8.18. The number of carbonyl (C=O) groups is 2. The molecule has 3 N–H and O–H groups in total. The molecule has 2 aromatic carbocycles. The van der Waals surface area contributed by atoms with Crippen LogP contribution in [-0.2, 0) is 16.2 Å². The van der Waals surface area contributed by atoms with Crippen LogP contribution >= 0.6 is 11.3 Å². The number of nitrogens with zero attached hydrogens (tertiary/aromatic N) is 1. The summed E-state index contributed by atoms with van der Waals surface area (Å²) < 4.78 is 16.7. The number of aromatic nitrogens is 1. The number of carbonyl (C=O) groups excluding carboxylic acids is 2. The van der Waals surface area contributed by atoms with Crippen molar-refractivity contribution in [3.8, 4) is 27.7 Å². The van der Waals surface area contributed by atoms with Crippen molar-refractivity contribution in [1.82, 2.24) is 10.3 Å². The first-order valence-electron chi connectivity index (χ1n) is 12.7. The summed E-state index contributed by atoms with van der Waals surface area (Å²) >= 11 is 1.33. The van der Waals surface area contributed by atoms with Gasteiger partial charge in [0.05, 0.1) is 19.1 Å². The van der Waals surface area contributed by atoms with Crippen molar-refractivity contribution < 1.29 is 28.9 Å². The van der Waals surface area contributed by atoms with Gasteiger partial charge in [-0.05, 0) is 23.0 Å². The van der Waals surface area contributed by atoms with Crippen LogP contribution in [0.3, 0.4) is 0 Å². The van der Waals surface area contributed by atoms with E-state index in [0.29, 0.717) is 41.8 Å². The molecule has 0 spiro atoms. The van der Waals surface area contributed by atoms with Crippen LogP contribution in [0.4, 0.5) is 5.13 Å². The van der Waals surface area contributed by atoms with Crippen LogP contribution < -0.4 is 24.8 Å². The number of nitrogens with one attached hydrogen (secondary N) is 2. The number of ether oxygens (including phenoxy) is 3. The molecule has 9 nitrogen and oxygen atoms in total. The molecule has 0 unspecified atom stereocenters. The van der Waals surface area contributed by atoms with E-state index in [1.165, 1.54) is 11.3 Å². The standard InChI is InChI=1S/C29H37N3O6S/c1-7-10-23(31-27(35)25(33)29(2,3)4)26(34)32-28-30-16-24(39-28)22-12-9-8-11-18(22)17-38-21-14-19(36-5)13-20(15-21)37-6/h8-9,11-16,23,25,33H,7,10,17H2,1-6H3,(H,31,35)(H,30,32,34)/t23-,25+/m0/s1. The number of anilines is 1. The first-order chi connectivity index (χ1) is 18.5. The molecule has 3 rings (SSSR count). The zero-order valence-corrected chi connectivity index (χ0v) is 24.1. The van der Waals surface area contributed by atoms with E-state index in [1.54, 1.807) is 59.4 Å². The van der Waals surface area contributed by atoms with Gasteiger partial charge >= 0.3 is 0 Å². The molecule has 2 atom stereocenters. The molecule has 0 radical (unpaired) electrons. The van der Waals surface area contributed by atoms with E-state index < -0.39 is 23.5 Å². The highest BCUT2D eigenvalue weighted by Crippen LogP contribution is 2.33. The lowest BCUT2D eigenvalue weighted by Crippen LogP contribution is -2.50. The maximum atomic E-state index is 13.0. The van der Waals surface area contributed by atoms with Crippen LogP contribution in [0.1, 0.15) is 46.1 Å². The van der Waals surface area contributed by atoms with Gasteiger partial charge in [-0.1, -0.05) is 69.7 Å². The molecule has 210 valence electrons. The van der Waals surface area contributed by atoms with E-state index >= 15 is 0 Å². The molecule has 0 bridgehead atoms. The van der Waals surface area contributed by atoms with Gasteiger partial charge in [0.1, 0.15) is 36.0 Å². The van der Waals surface area contributed by atoms with E-state index in [2.05, 4.69) is 15.6 Å². The maximum Gasteiger partial charge on any atom is 0.250 e. The largest absolute Gasteiger partial charge is 0.496 e. The van der Waals surface area contributed by atoms with Crippen molar-refractivity contribution >= 4 is 28.3 Å². The minimum atomic E-state index is -1.23. The molecule has 0 aliphatic heterocycles. The van der Waals surface area contributed by atoms with Gasteiger partial charge in [0.15, 0.2) is 5.13 Å². The Morgan fingerprint density at radius 2 is 1.67 bits per heavy atom. The predicted octanol–water partition coefficient (Wildman–Crippen LogP) is 5.04. The average Bonchev–Trinajstić information content (AvgIpc) is 3.38. The highest BCUT2D eigenvalue weighted by atomic mass is 32.1. The highest BCUT2D eigenvalue weighted by molar-refractivity contribution is 7.19. The number of aliphatic hydroxyl groups is 1. The van der Waals surface area contributed by atoms with Crippen LogP contribution in [0.2, 0.25) is 0 Å². The molecule has 0 saturated heterocycles. The first kappa shape index (κ1) is 29.9. The van der Waals surface area contributed by atoms with Crippen molar-refractivity contribution in [2.24, 2.45) is 5.41 Å². The Bertz CT molecular complexity index is 1250. The Kier molecular flexibility index (Phi) is 10.3. The van der Waals surface area contributed by atoms with Gasteiger partial charge in [-0.2, -0.15) is 0 Å². The number of aliphatic hydroxyl groups excluding tert-OH is 1. The highest BCUT2D eigenvalue weighted by Gasteiger charge is 2.32. The summed E-state index contributed by atoms with van der Waals surface area (Å²) in [6.45, 7) is 7.51. The summed E-state index contributed by atoms with van der Waals surface area (Å²) in [6.07, 6.45) is 1.58. The molecule has 39 heavy (non-hydrogen) atoms. The fraction of sp³-hybridized carbons (Fsp3) is 0.414. The van der Waals surface area contributed by atoms with Gasteiger partial charge in [-0.3, -0.25) is 9.59 Å². The molecule has 2 amide bonds. The van der Waals surface area contributed by atoms with Gasteiger partial charge in [-0.15, -0.1) is 0 Å². The number of hydrogen-bond donors (Lipinski definition) is 3. The van der Waals surface area contributed by atoms with Gasteiger partial charge in [0.2, 0.25) is 11.8 Å². The molecule has 1 aromatic heterocycles. The molecule has 0 saturated carbocycles. The second-order valence-electron chi connectivity index (χ2n) is 10.1. The van der Waals surface area contributed by atoms with E-state index in [4.69, 9.17) is 14.2 Å². The Hall–Kier alpha value is -3.63. The summed E-state index contributed by atoms with van der Waals surface area (Å²) in [5, 5.41) is 16.2. The van der Waals surface area contributed by atoms with Gasteiger partial charge < -0.3 is 30.0 Å². The second kappa shape index (κ2) is 13.4. The third-order valence-electron chi connectivity index (χ3n) is 6.02. The monoisotopic (exact) mass is 555 g/mol. The predicted molar refractivity (Wildman–Crippen MR) is 152 cm³/mol. The second-order valence-corrected chi connectivity index (χ2v) is 11.2. The molecule has 1 heterocycles. The smallest absolute Gasteiger partial charge is 0.250 e. The van der Waals surface area contributed by atoms with Crippen molar-refractivity contribution in [3.63, 3.8) is 0 Å². The summed E-state index contributed by atoms with van der Waals surface area (Å²) in [4.78, 5) is 30.8. The van der Waals surface area contributed by atoms with Crippen LogP contribution in [0.5, 0.6) is 17.2 Å². The van der Waals surface area contributed by atoms with Crippen molar-refractivity contribution in [1.29, 1.82) is 0 Å². The number of rotatable bonds is 12. The lowest BCUT2D eigenvalue weighted by molar-refractivity contribution is -0.137. The Morgan fingerprint density at radius 1 is 1.03 bits per heavy atom. The van der Waals surface area contributed by atoms with Gasteiger partial charge in [0, 0.05) is 24.4 Å². The zero-order valence-electron chi connectivity index (χ0n) is 23.2. The van der Waals surface area contributed by atoms with Crippen molar-refractivity contribution in [2.75, 3.05) is 19.5 Å². The number of methoxy groups -OCH3 is 2. The summed E-state index contributed by atoms with van der Waals surface area (Å²) in [5.74, 6) is 0.921. The van der Waals surface area contributed by atoms with Gasteiger partial charge in [-0.25, -0.2) is 4.98 Å². The molecular weight excluding hydrogens is 518 g/mol. The molecule has 10 heteroatoms. The van der Waals surface area contributed by atoms with Crippen molar-refractivity contribution in [3.05, 3.63) is 54.2 Å². The molecule has 0 aliphatic rings. The SMILES string of the molecule is CCC[C@H](NC(=O)[C@@H](O)C(C)(C)C)C(=O)Nc1ncc(-c2ccccc2COc2cc(OC)cc(OC)c2)s1. The molecule has 0 fully saturated rings.